The van der Waals surface area contributed by atoms with Crippen molar-refractivity contribution >= 4 is 0 Å². The molecule has 0 saturated carbocycles. The highest BCUT2D eigenvalue weighted by atomic mass is 19.1. The number of rotatable bonds is 1. The van der Waals surface area contributed by atoms with Gasteiger partial charge in [-0.2, -0.15) is 0 Å². The summed E-state index contributed by atoms with van der Waals surface area (Å²) in [5.74, 6) is -1.44. The molecule has 2 aromatic rings. The lowest BCUT2D eigenvalue weighted by Gasteiger charge is -2.01. The highest BCUT2D eigenvalue weighted by Crippen LogP contribution is 2.21. The summed E-state index contributed by atoms with van der Waals surface area (Å²) < 4.78 is 26.4. The van der Waals surface area contributed by atoms with Crippen LogP contribution in [0.15, 0.2) is 30.6 Å². The van der Waals surface area contributed by atoms with Gasteiger partial charge in [-0.3, -0.25) is 0 Å². The maximum absolute atomic E-state index is 13.2. The average molecular weight is 191 g/mol. The van der Waals surface area contributed by atoms with Gasteiger partial charge in [0.25, 0.3) is 0 Å². The summed E-state index contributed by atoms with van der Waals surface area (Å²) in [7, 11) is 0. The Kier molecular flexibility index (Phi) is 2.18. The highest BCUT2D eigenvalue weighted by Gasteiger charge is 2.12. The molecular formula is C10H5F2N2. The van der Waals surface area contributed by atoms with E-state index in [0.717, 1.165) is 6.07 Å². The Morgan fingerprint density at radius 3 is 2.50 bits per heavy atom. The third kappa shape index (κ3) is 1.46. The van der Waals surface area contributed by atoms with Crippen molar-refractivity contribution in [3.63, 3.8) is 0 Å². The molecule has 0 unspecified atom stereocenters. The lowest BCUT2D eigenvalue weighted by Crippen LogP contribution is -1.94. The maximum atomic E-state index is 13.2. The van der Waals surface area contributed by atoms with Crippen LogP contribution in [0.1, 0.15) is 0 Å². The molecule has 0 N–H and O–H groups in total. The van der Waals surface area contributed by atoms with Crippen LogP contribution in [0, 0.1) is 17.7 Å². The van der Waals surface area contributed by atoms with Crippen molar-refractivity contribution in [3.8, 4) is 11.4 Å². The fourth-order valence-electron chi connectivity index (χ4n) is 1.08. The molecule has 69 valence electrons. The second kappa shape index (κ2) is 3.49. The molecule has 1 aromatic carbocycles. The Balaban J connectivity index is 2.63. The van der Waals surface area contributed by atoms with Crippen LogP contribution >= 0.6 is 0 Å². The first-order valence-corrected chi connectivity index (χ1v) is 3.92. The molecule has 0 fully saturated rings. The summed E-state index contributed by atoms with van der Waals surface area (Å²) in [6.45, 7) is 0. The Bertz CT molecular complexity index is 423. The lowest BCUT2D eigenvalue weighted by molar-refractivity contribution is 0.586. The maximum Gasteiger partial charge on any atom is 0.165 e. The lowest BCUT2D eigenvalue weighted by atomic mass is 10.2. The van der Waals surface area contributed by atoms with E-state index >= 15 is 0 Å². The first-order chi connectivity index (χ1) is 6.79. The molecule has 4 heteroatoms. The van der Waals surface area contributed by atoms with E-state index in [4.69, 9.17) is 0 Å². The number of halogens is 2. The zero-order chi connectivity index (χ0) is 9.97. The minimum atomic E-state index is -0.781. The molecule has 0 aliphatic carbocycles. The molecule has 0 bridgehead atoms. The largest absolute Gasteiger partial charge is 0.236 e. The number of hydrogen-bond acceptors (Lipinski definition) is 2. The number of nitrogens with zero attached hydrogens (tertiary/aromatic N) is 2. The Labute approximate surface area is 79.3 Å². The number of benzene rings is 1. The van der Waals surface area contributed by atoms with E-state index in [-0.39, 0.29) is 11.4 Å². The smallest absolute Gasteiger partial charge is 0.165 e. The van der Waals surface area contributed by atoms with Crippen molar-refractivity contribution in [2.24, 2.45) is 0 Å². The Hall–Kier alpha value is -1.84. The molecule has 14 heavy (non-hydrogen) atoms. The summed E-state index contributed by atoms with van der Waals surface area (Å²) in [6, 6.07) is 6.13. The minimum Gasteiger partial charge on any atom is -0.236 e. The fourth-order valence-corrected chi connectivity index (χ4v) is 1.08. The first kappa shape index (κ1) is 8.74. The van der Waals surface area contributed by atoms with Gasteiger partial charge in [0.15, 0.2) is 5.82 Å². The minimum absolute atomic E-state index is 0.0272. The second-order valence-electron chi connectivity index (χ2n) is 2.59. The van der Waals surface area contributed by atoms with Crippen LogP contribution in [0.3, 0.4) is 0 Å². The quantitative estimate of drug-likeness (QED) is 0.690. The molecule has 0 saturated heterocycles. The van der Waals surface area contributed by atoms with Crippen LogP contribution in [0.5, 0.6) is 0 Å². The van der Waals surface area contributed by atoms with E-state index in [2.05, 4.69) is 16.0 Å². The summed E-state index contributed by atoms with van der Waals surface area (Å²) in [4.78, 5) is 7.52. The normalized spacial score (nSPS) is 10.1. The number of hydrogen-bond donors (Lipinski definition) is 0. The van der Waals surface area contributed by atoms with Gasteiger partial charge in [0.2, 0.25) is 0 Å². The monoisotopic (exact) mass is 191 g/mol. The molecule has 1 heterocycles. The molecule has 2 nitrogen and oxygen atoms in total. The highest BCUT2D eigenvalue weighted by molar-refractivity contribution is 5.55. The predicted molar refractivity (Wildman–Crippen MR) is 46.2 cm³/mol. The SMILES string of the molecule is Fc1[c]ccc(F)c1-c1ncccn1. The predicted octanol–water partition coefficient (Wildman–Crippen LogP) is 2.22. The van der Waals surface area contributed by atoms with Gasteiger partial charge < -0.3 is 0 Å². The van der Waals surface area contributed by atoms with E-state index in [0.29, 0.717) is 0 Å². The van der Waals surface area contributed by atoms with E-state index in [1.807, 2.05) is 0 Å². The van der Waals surface area contributed by atoms with Gasteiger partial charge in [0, 0.05) is 18.5 Å². The van der Waals surface area contributed by atoms with Crippen molar-refractivity contribution in [2.75, 3.05) is 0 Å². The van der Waals surface area contributed by atoms with Crippen molar-refractivity contribution in [2.45, 2.75) is 0 Å². The zero-order valence-electron chi connectivity index (χ0n) is 7.04. The molecule has 1 aromatic heterocycles. The Morgan fingerprint density at radius 1 is 1.14 bits per heavy atom. The third-order valence-electron chi connectivity index (χ3n) is 1.69. The Morgan fingerprint density at radius 2 is 1.86 bits per heavy atom. The molecule has 0 aliphatic rings. The number of aromatic nitrogens is 2. The molecule has 0 amide bonds. The summed E-state index contributed by atoms with van der Waals surface area (Å²) in [5, 5.41) is 0. The van der Waals surface area contributed by atoms with Crippen LogP contribution < -0.4 is 0 Å². The van der Waals surface area contributed by atoms with E-state index in [9.17, 15) is 8.78 Å². The molecule has 2 rings (SSSR count). The van der Waals surface area contributed by atoms with Crippen molar-refractivity contribution in [3.05, 3.63) is 48.3 Å². The molecule has 0 aliphatic heterocycles. The molecule has 0 spiro atoms. The van der Waals surface area contributed by atoms with Crippen molar-refractivity contribution in [1.82, 2.24) is 9.97 Å². The third-order valence-corrected chi connectivity index (χ3v) is 1.69. The van der Waals surface area contributed by atoms with Gasteiger partial charge in [-0.25, -0.2) is 18.7 Å². The van der Waals surface area contributed by atoms with Crippen LogP contribution in [-0.4, -0.2) is 9.97 Å². The average Bonchev–Trinajstić information content (AvgIpc) is 2.19. The van der Waals surface area contributed by atoms with Crippen LogP contribution in [-0.2, 0) is 0 Å². The zero-order valence-corrected chi connectivity index (χ0v) is 7.04. The van der Waals surface area contributed by atoms with Gasteiger partial charge in [0.1, 0.15) is 11.6 Å². The van der Waals surface area contributed by atoms with Gasteiger partial charge in [0.05, 0.1) is 5.56 Å². The van der Waals surface area contributed by atoms with Gasteiger partial charge in [-0.1, -0.05) is 0 Å². The van der Waals surface area contributed by atoms with Crippen molar-refractivity contribution in [1.29, 1.82) is 0 Å². The van der Waals surface area contributed by atoms with Gasteiger partial charge in [-0.15, -0.1) is 0 Å². The van der Waals surface area contributed by atoms with Crippen LogP contribution in [0.25, 0.3) is 11.4 Å². The molecule has 1 radical (unpaired) electrons. The first-order valence-electron chi connectivity index (χ1n) is 3.92. The van der Waals surface area contributed by atoms with Crippen molar-refractivity contribution < 1.29 is 8.78 Å². The second-order valence-corrected chi connectivity index (χ2v) is 2.59. The summed E-state index contributed by atoms with van der Waals surface area (Å²) in [5.41, 5.74) is -0.242. The van der Waals surface area contributed by atoms with Crippen LogP contribution in [0.4, 0.5) is 8.78 Å². The van der Waals surface area contributed by atoms with Gasteiger partial charge in [-0.05, 0) is 18.2 Å². The summed E-state index contributed by atoms with van der Waals surface area (Å²) in [6.07, 6.45) is 2.85. The summed E-state index contributed by atoms with van der Waals surface area (Å²) >= 11 is 0. The fraction of sp³-hybridized carbons (Fsp3) is 0. The molecular weight excluding hydrogens is 186 g/mol. The molecule has 0 atom stereocenters. The standard InChI is InChI=1S/C10H5F2N2/c11-7-3-1-4-8(12)9(7)10-13-5-2-6-14-10/h1-3,5-6H. The topological polar surface area (TPSA) is 25.8 Å². The van der Waals surface area contributed by atoms with E-state index < -0.39 is 11.6 Å². The van der Waals surface area contributed by atoms with Gasteiger partial charge >= 0.3 is 0 Å². The van der Waals surface area contributed by atoms with Crippen LogP contribution in [0.2, 0.25) is 0 Å². The van der Waals surface area contributed by atoms with E-state index in [1.54, 1.807) is 6.07 Å². The van der Waals surface area contributed by atoms with E-state index in [1.165, 1.54) is 18.5 Å².